The van der Waals surface area contributed by atoms with Crippen molar-refractivity contribution in [3.8, 4) is 11.3 Å². The Morgan fingerprint density at radius 3 is 2.71 bits per heavy atom. The number of carboxylic acid groups (broad SMARTS) is 1. The Bertz CT molecular complexity index is 989. The molecule has 1 aliphatic carbocycles. The number of aliphatic carboxylic acids is 1. The maximum Gasteiger partial charge on any atom is 0.304 e. The quantitative estimate of drug-likeness (QED) is 0.534. The molecule has 2 aromatic carbocycles. The summed E-state index contributed by atoms with van der Waals surface area (Å²) >= 11 is 0. The lowest BCUT2D eigenvalue weighted by Gasteiger charge is -2.08. The molecule has 1 saturated carbocycles. The molecule has 4 nitrogen and oxygen atoms in total. The molecule has 1 heterocycles. The van der Waals surface area contributed by atoms with Crippen LogP contribution >= 0.6 is 0 Å². The third-order valence-corrected chi connectivity index (χ3v) is 5.51. The number of benzene rings is 2. The number of hydrogen-bond donors (Lipinski definition) is 2. The molecule has 4 rings (SSSR count). The van der Waals surface area contributed by atoms with Gasteiger partial charge in [0.2, 0.25) is 0 Å². The van der Waals surface area contributed by atoms with Crippen molar-refractivity contribution in [3.63, 3.8) is 0 Å². The van der Waals surface area contributed by atoms with Crippen LogP contribution in [0.25, 0.3) is 22.3 Å². The van der Waals surface area contributed by atoms with E-state index in [-0.39, 0.29) is 12.2 Å². The molecule has 5 heteroatoms. The fourth-order valence-electron chi connectivity index (χ4n) is 4.00. The van der Waals surface area contributed by atoms with Crippen molar-refractivity contribution in [3.05, 3.63) is 59.4 Å². The molecule has 2 N–H and O–H groups in total. The van der Waals surface area contributed by atoms with E-state index in [0.29, 0.717) is 30.3 Å². The molecular weight excluding hydrogens is 357 g/mol. The summed E-state index contributed by atoms with van der Waals surface area (Å²) in [6, 6.07) is 13.2. The number of hydrogen-bond acceptors (Lipinski definition) is 3. The molecule has 1 aliphatic rings. The van der Waals surface area contributed by atoms with Gasteiger partial charge in [-0.2, -0.15) is 0 Å². The highest BCUT2D eigenvalue weighted by Gasteiger charge is 2.18. The second-order valence-electron chi connectivity index (χ2n) is 7.52. The van der Waals surface area contributed by atoms with Crippen molar-refractivity contribution in [2.24, 2.45) is 0 Å². The van der Waals surface area contributed by atoms with E-state index in [2.05, 4.69) is 17.4 Å². The number of nitrogens with one attached hydrogen (secondary N) is 1. The van der Waals surface area contributed by atoms with Crippen molar-refractivity contribution in [2.45, 2.75) is 44.6 Å². The van der Waals surface area contributed by atoms with Crippen LogP contribution in [0.4, 0.5) is 4.39 Å². The molecule has 0 amide bonds. The van der Waals surface area contributed by atoms with Gasteiger partial charge < -0.3 is 14.8 Å². The van der Waals surface area contributed by atoms with Gasteiger partial charge in [0.15, 0.2) is 0 Å². The molecule has 0 atom stereocenters. The first kappa shape index (κ1) is 18.7. The molecular formula is C23H24FNO3. The Labute approximate surface area is 163 Å². The lowest BCUT2D eigenvalue weighted by Crippen LogP contribution is -2.17. The molecule has 0 bridgehead atoms. The monoisotopic (exact) mass is 381 g/mol. The maximum atomic E-state index is 14.6. The fourth-order valence-corrected chi connectivity index (χ4v) is 4.00. The predicted molar refractivity (Wildman–Crippen MR) is 107 cm³/mol. The lowest BCUT2D eigenvalue weighted by atomic mass is 9.96. The molecule has 0 spiro atoms. The van der Waals surface area contributed by atoms with Crippen LogP contribution in [0, 0.1) is 5.82 Å². The molecule has 0 radical (unpaired) electrons. The largest absolute Gasteiger partial charge is 0.481 e. The van der Waals surface area contributed by atoms with Crippen LogP contribution in [-0.4, -0.2) is 17.6 Å². The van der Waals surface area contributed by atoms with Gasteiger partial charge in [-0.3, -0.25) is 4.79 Å². The van der Waals surface area contributed by atoms with Crippen LogP contribution < -0.4 is 5.32 Å². The van der Waals surface area contributed by atoms with E-state index >= 15 is 0 Å². The summed E-state index contributed by atoms with van der Waals surface area (Å²) in [5.41, 5.74) is 3.33. The molecule has 0 aliphatic heterocycles. The van der Waals surface area contributed by atoms with Gasteiger partial charge in [-0.1, -0.05) is 25.0 Å². The topological polar surface area (TPSA) is 62.5 Å². The van der Waals surface area contributed by atoms with E-state index in [4.69, 9.17) is 9.52 Å². The number of halogens is 1. The minimum Gasteiger partial charge on any atom is -0.481 e. The standard InChI is InChI=1S/C23H24FNO3/c24-20-11-15(14-25-10-9-23(26)27)5-7-19(20)22-13-18-12-17(6-8-21(18)28-22)16-3-1-2-4-16/h5-8,11-13,16,25H,1-4,9-10,14H2,(H,26,27). The van der Waals surface area contributed by atoms with Gasteiger partial charge in [-0.15, -0.1) is 0 Å². The van der Waals surface area contributed by atoms with E-state index in [1.807, 2.05) is 18.2 Å². The Hall–Kier alpha value is -2.66. The van der Waals surface area contributed by atoms with Crippen LogP contribution in [0.5, 0.6) is 0 Å². The number of rotatable bonds is 7. The fraction of sp³-hybridized carbons (Fsp3) is 0.348. The van der Waals surface area contributed by atoms with Crippen molar-refractivity contribution >= 4 is 16.9 Å². The SMILES string of the molecule is O=C(O)CCNCc1ccc(-c2cc3cc(C4CCCC4)ccc3o2)c(F)c1. The molecule has 1 aromatic heterocycles. The minimum absolute atomic E-state index is 0.0440. The van der Waals surface area contributed by atoms with E-state index in [0.717, 1.165) is 16.5 Å². The summed E-state index contributed by atoms with van der Waals surface area (Å²) in [5.74, 6) is -0.0311. The van der Waals surface area contributed by atoms with Gasteiger partial charge in [0.1, 0.15) is 17.2 Å². The molecule has 1 fully saturated rings. The lowest BCUT2D eigenvalue weighted by molar-refractivity contribution is -0.136. The smallest absolute Gasteiger partial charge is 0.304 e. The number of furan rings is 1. The van der Waals surface area contributed by atoms with Gasteiger partial charge in [0, 0.05) is 18.5 Å². The highest BCUT2D eigenvalue weighted by molar-refractivity contribution is 5.83. The van der Waals surface area contributed by atoms with Gasteiger partial charge in [0.05, 0.1) is 12.0 Å². The zero-order chi connectivity index (χ0) is 19.5. The molecule has 0 saturated heterocycles. The molecule has 28 heavy (non-hydrogen) atoms. The zero-order valence-corrected chi connectivity index (χ0v) is 15.7. The first-order chi connectivity index (χ1) is 13.6. The number of carbonyl (C=O) groups is 1. The Kier molecular flexibility index (Phi) is 5.44. The Morgan fingerprint density at radius 2 is 1.96 bits per heavy atom. The molecule has 0 unspecified atom stereocenters. The molecule has 3 aromatic rings. The van der Waals surface area contributed by atoms with Gasteiger partial charge >= 0.3 is 5.97 Å². The van der Waals surface area contributed by atoms with Gasteiger partial charge in [-0.25, -0.2) is 4.39 Å². The van der Waals surface area contributed by atoms with E-state index < -0.39 is 5.97 Å². The summed E-state index contributed by atoms with van der Waals surface area (Å²) < 4.78 is 20.5. The third kappa shape index (κ3) is 4.09. The summed E-state index contributed by atoms with van der Waals surface area (Å²) in [5, 5.41) is 12.7. The van der Waals surface area contributed by atoms with Crippen molar-refractivity contribution < 1.29 is 18.7 Å². The maximum absolute atomic E-state index is 14.6. The summed E-state index contributed by atoms with van der Waals surface area (Å²) in [6.45, 7) is 0.779. The Morgan fingerprint density at radius 1 is 1.14 bits per heavy atom. The van der Waals surface area contributed by atoms with Crippen LogP contribution in [0.2, 0.25) is 0 Å². The first-order valence-corrected chi connectivity index (χ1v) is 9.85. The van der Waals surface area contributed by atoms with Crippen molar-refractivity contribution in [2.75, 3.05) is 6.54 Å². The van der Waals surface area contributed by atoms with Crippen molar-refractivity contribution in [1.82, 2.24) is 5.32 Å². The average Bonchev–Trinajstić information content (AvgIpc) is 3.34. The summed E-state index contributed by atoms with van der Waals surface area (Å²) in [4.78, 5) is 10.5. The number of carboxylic acids is 1. The van der Waals surface area contributed by atoms with E-state index in [1.165, 1.54) is 37.3 Å². The number of fused-ring (bicyclic) bond motifs is 1. The van der Waals surface area contributed by atoms with E-state index in [1.54, 1.807) is 6.07 Å². The summed E-state index contributed by atoms with van der Waals surface area (Å²) in [7, 11) is 0. The highest BCUT2D eigenvalue weighted by atomic mass is 19.1. The van der Waals surface area contributed by atoms with Crippen LogP contribution in [0.3, 0.4) is 0 Å². The molecule has 146 valence electrons. The average molecular weight is 381 g/mol. The van der Waals surface area contributed by atoms with Crippen molar-refractivity contribution in [1.29, 1.82) is 0 Å². The summed E-state index contributed by atoms with van der Waals surface area (Å²) in [6.07, 6.45) is 5.12. The van der Waals surface area contributed by atoms with Crippen LogP contribution in [-0.2, 0) is 11.3 Å². The van der Waals surface area contributed by atoms with E-state index in [9.17, 15) is 9.18 Å². The highest BCUT2D eigenvalue weighted by Crippen LogP contribution is 2.37. The second kappa shape index (κ2) is 8.15. The first-order valence-electron chi connectivity index (χ1n) is 9.85. The predicted octanol–water partition coefficient (Wildman–Crippen LogP) is 5.46. The Balaban J connectivity index is 1.51. The zero-order valence-electron chi connectivity index (χ0n) is 15.7. The van der Waals surface area contributed by atoms with Crippen LogP contribution in [0.1, 0.15) is 49.1 Å². The van der Waals surface area contributed by atoms with Gasteiger partial charge in [0.25, 0.3) is 0 Å². The minimum atomic E-state index is -0.852. The van der Waals surface area contributed by atoms with Crippen LogP contribution in [0.15, 0.2) is 46.9 Å². The van der Waals surface area contributed by atoms with Gasteiger partial charge in [-0.05, 0) is 60.2 Å². The third-order valence-electron chi connectivity index (χ3n) is 5.51. The second-order valence-corrected chi connectivity index (χ2v) is 7.52. The normalized spacial score (nSPS) is 14.8.